The molecule has 0 aliphatic carbocycles. The molecule has 0 radical (unpaired) electrons. The van der Waals surface area contributed by atoms with Crippen LogP contribution >= 0.6 is 23.4 Å². The van der Waals surface area contributed by atoms with Crippen molar-refractivity contribution in [1.82, 2.24) is 10.4 Å². The highest BCUT2D eigenvalue weighted by Crippen LogP contribution is 2.44. The number of hydrogen-bond acceptors (Lipinski definition) is 7. The number of methoxy groups -OCH3 is 1. The molecule has 156 valence electrons. The highest BCUT2D eigenvalue weighted by Gasteiger charge is 2.31. The van der Waals surface area contributed by atoms with Crippen LogP contribution in [0.2, 0.25) is 5.02 Å². The Morgan fingerprint density at radius 3 is 2.93 bits per heavy atom. The van der Waals surface area contributed by atoms with E-state index in [-0.39, 0.29) is 11.9 Å². The Morgan fingerprint density at radius 2 is 2.28 bits per heavy atom. The molecule has 0 bridgehead atoms. The maximum atomic E-state index is 13.1. The molecular formula is C21H25ClN2O4S. The van der Waals surface area contributed by atoms with Gasteiger partial charge in [-0.1, -0.05) is 29.9 Å². The van der Waals surface area contributed by atoms with E-state index >= 15 is 0 Å². The normalized spacial score (nSPS) is 20.5. The summed E-state index contributed by atoms with van der Waals surface area (Å²) in [5.41, 5.74) is 4.84. The average Bonchev–Trinajstić information content (AvgIpc) is 3.32. The van der Waals surface area contributed by atoms with Crippen molar-refractivity contribution in [3.63, 3.8) is 0 Å². The summed E-state index contributed by atoms with van der Waals surface area (Å²) in [5, 5.41) is 1.29. The second-order valence-corrected chi connectivity index (χ2v) is 8.21. The molecule has 1 unspecified atom stereocenters. The Bertz CT molecular complexity index is 862. The quantitative estimate of drug-likeness (QED) is 0.366. The summed E-state index contributed by atoms with van der Waals surface area (Å²) in [4.78, 5) is 21.1. The molecule has 0 amide bonds. The number of allylic oxidation sites excluding steroid dienone is 2. The number of carbonyl (C=O) groups excluding carboxylic acids is 1. The monoisotopic (exact) mass is 436 g/mol. The van der Waals surface area contributed by atoms with Gasteiger partial charge in [-0.3, -0.25) is 15.1 Å². The van der Waals surface area contributed by atoms with Gasteiger partial charge in [-0.05, 0) is 38.0 Å². The van der Waals surface area contributed by atoms with Gasteiger partial charge in [-0.15, -0.1) is 0 Å². The maximum absolute atomic E-state index is 13.1. The molecule has 29 heavy (non-hydrogen) atoms. The minimum absolute atomic E-state index is 0.132. The van der Waals surface area contributed by atoms with Crippen molar-refractivity contribution in [3.8, 4) is 5.75 Å². The molecule has 1 saturated heterocycles. The lowest BCUT2D eigenvalue weighted by atomic mass is 10.1. The summed E-state index contributed by atoms with van der Waals surface area (Å²) in [7, 11) is 3.07. The highest BCUT2D eigenvalue weighted by atomic mass is 35.5. The van der Waals surface area contributed by atoms with Crippen molar-refractivity contribution in [3.05, 3.63) is 62.8 Å². The number of hydrogen-bond donors (Lipinski definition) is 1. The van der Waals surface area contributed by atoms with Gasteiger partial charge in [0.2, 0.25) is 0 Å². The molecule has 2 heterocycles. The summed E-state index contributed by atoms with van der Waals surface area (Å²) in [5.74, 6) is 0.309. The van der Waals surface area contributed by atoms with Gasteiger partial charge in [0.05, 0.1) is 41.5 Å². The number of halogens is 1. The Kier molecular flexibility index (Phi) is 7.29. The highest BCUT2D eigenvalue weighted by molar-refractivity contribution is 8.07. The van der Waals surface area contributed by atoms with Crippen molar-refractivity contribution in [2.75, 3.05) is 27.4 Å². The molecule has 1 atom stereocenters. The van der Waals surface area contributed by atoms with Crippen LogP contribution in [0.1, 0.15) is 30.1 Å². The topological polar surface area (TPSA) is 60.0 Å². The number of ether oxygens (including phenoxy) is 2. The molecule has 8 heteroatoms. The fourth-order valence-electron chi connectivity index (χ4n) is 3.36. The van der Waals surface area contributed by atoms with E-state index in [1.54, 1.807) is 24.3 Å². The molecule has 0 spiro atoms. The number of nitrogens with one attached hydrogen (secondary N) is 1. The number of carbonyl (C=O) groups is 1. The minimum Gasteiger partial charge on any atom is -0.496 e. The third-order valence-corrected chi connectivity index (χ3v) is 6.33. The Hall–Kier alpha value is -1.93. The van der Waals surface area contributed by atoms with Gasteiger partial charge in [0.1, 0.15) is 5.75 Å². The van der Waals surface area contributed by atoms with Crippen molar-refractivity contribution in [2.45, 2.75) is 25.9 Å². The van der Waals surface area contributed by atoms with Gasteiger partial charge in [0, 0.05) is 29.9 Å². The van der Waals surface area contributed by atoms with Gasteiger partial charge in [0.25, 0.3) is 0 Å². The van der Waals surface area contributed by atoms with Crippen molar-refractivity contribution < 1.29 is 19.1 Å². The summed E-state index contributed by atoms with van der Waals surface area (Å²) in [6.07, 6.45) is 3.80. The molecule has 2 aliphatic rings. The molecule has 2 aliphatic heterocycles. The van der Waals surface area contributed by atoms with E-state index in [2.05, 4.69) is 17.0 Å². The second-order valence-electron chi connectivity index (χ2n) is 6.74. The molecule has 0 saturated carbocycles. The van der Waals surface area contributed by atoms with Crippen LogP contribution < -0.4 is 10.2 Å². The third-order valence-electron chi connectivity index (χ3n) is 4.80. The van der Waals surface area contributed by atoms with Gasteiger partial charge < -0.3 is 14.4 Å². The van der Waals surface area contributed by atoms with Crippen molar-refractivity contribution in [2.24, 2.45) is 0 Å². The summed E-state index contributed by atoms with van der Waals surface area (Å²) >= 11 is 7.57. The third kappa shape index (κ3) is 4.98. The van der Waals surface area contributed by atoms with Crippen LogP contribution in [0, 0.1) is 0 Å². The molecule has 0 aromatic heterocycles. The number of rotatable bonds is 8. The smallest absolute Gasteiger partial charge is 0.192 e. The molecule has 1 N–H and O–H groups in total. The number of benzene rings is 1. The van der Waals surface area contributed by atoms with E-state index < -0.39 is 0 Å². The lowest BCUT2D eigenvalue weighted by Crippen LogP contribution is -2.28. The van der Waals surface area contributed by atoms with E-state index in [4.69, 9.17) is 25.9 Å². The predicted octanol–water partition coefficient (Wildman–Crippen LogP) is 4.50. The van der Waals surface area contributed by atoms with Gasteiger partial charge in [-0.2, -0.15) is 0 Å². The van der Waals surface area contributed by atoms with Gasteiger partial charge in [0.15, 0.2) is 5.78 Å². The van der Waals surface area contributed by atoms with Crippen LogP contribution in [0.5, 0.6) is 5.75 Å². The molecule has 1 fully saturated rings. The van der Waals surface area contributed by atoms with Crippen molar-refractivity contribution >= 4 is 29.1 Å². The summed E-state index contributed by atoms with van der Waals surface area (Å²) in [6.45, 7) is 7.49. The SMILES string of the molecule is C=C(NOC)C1=C(C)N(CC2CCCO2)C(=CC(=O)c2cc(Cl)ccc2OC)S1. The maximum Gasteiger partial charge on any atom is 0.192 e. The average molecular weight is 437 g/mol. The first kappa shape index (κ1) is 21.8. The lowest BCUT2D eigenvalue weighted by Gasteiger charge is -2.24. The lowest BCUT2D eigenvalue weighted by molar-refractivity contribution is 0.0922. The molecule has 6 nitrogen and oxygen atoms in total. The first-order valence-corrected chi connectivity index (χ1v) is 10.5. The number of ketones is 1. The van der Waals surface area contributed by atoms with Gasteiger partial charge in [-0.25, -0.2) is 0 Å². The van der Waals surface area contributed by atoms with Crippen LogP contribution in [-0.2, 0) is 9.57 Å². The Balaban J connectivity index is 1.92. The largest absolute Gasteiger partial charge is 0.496 e. The molecule has 1 aromatic rings. The van der Waals surface area contributed by atoms with E-state index in [1.165, 1.54) is 26.0 Å². The van der Waals surface area contributed by atoms with Crippen LogP contribution in [0.3, 0.4) is 0 Å². The minimum atomic E-state index is -0.177. The predicted molar refractivity (Wildman–Crippen MR) is 116 cm³/mol. The first-order valence-electron chi connectivity index (χ1n) is 9.30. The van der Waals surface area contributed by atoms with Crippen LogP contribution in [0.15, 0.2) is 52.2 Å². The van der Waals surface area contributed by atoms with Crippen LogP contribution in [-0.4, -0.2) is 44.2 Å². The number of nitrogens with zero attached hydrogens (tertiary/aromatic N) is 1. The van der Waals surface area contributed by atoms with E-state index in [0.29, 0.717) is 28.6 Å². The second kappa shape index (κ2) is 9.71. The van der Waals surface area contributed by atoms with Crippen LogP contribution in [0.4, 0.5) is 0 Å². The summed E-state index contributed by atoms with van der Waals surface area (Å²) in [6, 6.07) is 5.01. The van der Waals surface area contributed by atoms with E-state index in [0.717, 1.165) is 35.1 Å². The Morgan fingerprint density at radius 1 is 1.48 bits per heavy atom. The number of hydroxylamine groups is 1. The zero-order valence-electron chi connectivity index (χ0n) is 16.8. The standard InChI is InChI=1S/C21H25ClN2O4S/c1-13(23-27-4)21-14(2)24(12-16-6-5-9-28-16)20(29-21)11-18(25)17-10-15(22)7-8-19(17)26-3/h7-8,10-11,16,23H,1,5-6,9,12H2,2-4H3. The number of thioether (sulfide) groups is 1. The fourth-order valence-corrected chi connectivity index (χ4v) is 4.65. The summed E-state index contributed by atoms with van der Waals surface area (Å²) < 4.78 is 11.1. The van der Waals surface area contributed by atoms with E-state index in [9.17, 15) is 4.79 Å². The first-order chi connectivity index (χ1) is 13.9. The molecule has 3 rings (SSSR count). The van der Waals surface area contributed by atoms with E-state index in [1.807, 2.05) is 6.92 Å². The van der Waals surface area contributed by atoms with Crippen LogP contribution in [0.25, 0.3) is 0 Å². The molecular weight excluding hydrogens is 412 g/mol. The van der Waals surface area contributed by atoms with Crippen molar-refractivity contribution in [1.29, 1.82) is 0 Å². The zero-order valence-corrected chi connectivity index (χ0v) is 18.4. The van der Waals surface area contributed by atoms with Gasteiger partial charge >= 0.3 is 0 Å². The molecule has 1 aromatic carbocycles. The Labute approximate surface area is 180 Å². The zero-order chi connectivity index (χ0) is 21.0. The fraction of sp³-hybridized carbons (Fsp3) is 0.381.